The largest absolute Gasteiger partial charge is 0.383 e. The number of guanidine groups is 1. The zero-order chi connectivity index (χ0) is 16.2. The first-order chi connectivity index (χ1) is 10.4. The fourth-order valence-corrected chi connectivity index (χ4v) is 3.33. The number of hydrogen-bond acceptors (Lipinski definition) is 3. The van der Waals surface area contributed by atoms with Crippen LogP contribution in [0.25, 0.3) is 0 Å². The van der Waals surface area contributed by atoms with Crippen molar-refractivity contribution in [2.75, 3.05) is 0 Å². The molecule has 120 valence electrons. The molecule has 1 fully saturated rings. The minimum absolute atomic E-state index is 0.00937. The van der Waals surface area contributed by atoms with Gasteiger partial charge in [-0.25, -0.2) is 0 Å². The lowest BCUT2D eigenvalue weighted by atomic mass is 9.96. The normalized spacial score (nSPS) is 17.2. The fraction of sp³-hybridized carbons (Fsp3) is 0.429. The molecule has 1 aliphatic carbocycles. The predicted octanol–water partition coefficient (Wildman–Crippen LogP) is 0.687. The summed E-state index contributed by atoms with van der Waals surface area (Å²) in [5.41, 5.74) is 16.9. The second-order valence-electron chi connectivity index (χ2n) is 5.32. The molecule has 7 nitrogen and oxygen atoms in total. The van der Waals surface area contributed by atoms with Crippen LogP contribution in [0.15, 0.2) is 38.6 Å². The molecule has 0 spiro atoms. The molecule has 0 atom stereocenters. The number of nitrogens with zero attached hydrogens (tertiary/aromatic N) is 2. The first-order valence-electron chi connectivity index (χ1n) is 7.18. The molecule has 22 heavy (non-hydrogen) atoms. The molecule has 0 unspecified atom stereocenters. The Labute approximate surface area is 130 Å². The smallest absolute Gasteiger partial charge is 0.285 e. The van der Waals surface area contributed by atoms with E-state index < -0.39 is 16.0 Å². The Kier molecular flexibility index (Phi) is 5.02. The zero-order valence-corrected chi connectivity index (χ0v) is 13.1. The van der Waals surface area contributed by atoms with Gasteiger partial charge in [0.2, 0.25) is 5.96 Å². The molecule has 1 aromatic carbocycles. The van der Waals surface area contributed by atoms with Gasteiger partial charge in [0, 0.05) is 5.56 Å². The van der Waals surface area contributed by atoms with Crippen LogP contribution in [0, 0.1) is 0 Å². The molecule has 0 saturated heterocycles. The van der Waals surface area contributed by atoms with Crippen LogP contribution in [0.4, 0.5) is 0 Å². The van der Waals surface area contributed by atoms with Crippen molar-refractivity contribution in [3.8, 4) is 0 Å². The summed E-state index contributed by atoms with van der Waals surface area (Å²) in [6.07, 6.45) is 5.72. The molecule has 1 saturated carbocycles. The molecule has 0 radical (unpaired) electrons. The van der Waals surface area contributed by atoms with E-state index in [2.05, 4.69) is 9.39 Å². The van der Waals surface area contributed by atoms with Crippen molar-refractivity contribution in [2.45, 2.75) is 43.0 Å². The highest BCUT2D eigenvalue weighted by molar-refractivity contribution is 7.90. The standard InChI is InChI=1S/C14H21N5O2S/c15-13(18-11-4-2-1-3-5-11)10-6-8-12(9-7-10)22(20,21)19-14(16)17/h6-9,11H,1-5H2,(H2,15,18)(H4,16,17,19). The van der Waals surface area contributed by atoms with Crippen LogP contribution < -0.4 is 17.2 Å². The summed E-state index contributed by atoms with van der Waals surface area (Å²) in [5, 5.41) is 0. The van der Waals surface area contributed by atoms with Crippen molar-refractivity contribution in [3.05, 3.63) is 29.8 Å². The molecular weight excluding hydrogens is 302 g/mol. The number of hydrogen-bond donors (Lipinski definition) is 3. The Morgan fingerprint density at radius 3 is 2.14 bits per heavy atom. The lowest BCUT2D eigenvalue weighted by Gasteiger charge is -2.18. The van der Waals surface area contributed by atoms with Crippen molar-refractivity contribution < 1.29 is 8.42 Å². The van der Waals surface area contributed by atoms with E-state index in [4.69, 9.17) is 17.2 Å². The Balaban J connectivity index is 2.18. The van der Waals surface area contributed by atoms with Gasteiger partial charge in [-0.3, -0.25) is 4.99 Å². The van der Waals surface area contributed by atoms with Gasteiger partial charge in [-0.1, -0.05) is 19.3 Å². The maximum Gasteiger partial charge on any atom is 0.285 e. The van der Waals surface area contributed by atoms with E-state index in [0.29, 0.717) is 11.4 Å². The van der Waals surface area contributed by atoms with Gasteiger partial charge in [-0.15, -0.1) is 4.40 Å². The molecule has 2 rings (SSSR count). The Hall–Kier alpha value is -2.09. The summed E-state index contributed by atoms with van der Waals surface area (Å²) < 4.78 is 26.9. The molecule has 1 aromatic rings. The Bertz CT molecular complexity index is 670. The van der Waals surface area contributed by atoms with Crippen molar-refractivity contribution in [1.82, 2.24) is 0 Å². The predicted molar refractivity (Wildman–Crippen MR) is 87.0 cm³/mol. The minimum Gasteiger partial charge on any atom is -0.383 e. The molecule has 8 heteroatoms. The molecule has 0 aliphatic heterocycles. The summed E-state index contributed by atoms with van der Waals surface area (Å²) >= 11 is 0. The summed E-state index contributed by atoms with van der Waals surface area (Å²) in [5.74, 6) is -0.0693. The average Bonchev–Trinajstić information content (AvgIpc) is 2.47. The van der Waals surface area contributed by atoms with E-state index in [0.717, 1.165) is 12.8 Å². The average molecular weight is 323 g/mol. The van der Waals surface area contributed by atoms with E-state index in [9.17, 15) is 8.42 Å². The van der Waals surface area contributed by atoms with Crippen molar-refractivity contribution >= 4 is 21.8 Å². The number of amidine groups is 1. The first kappa shape index (κ1) is 16.3. The lowest BCUT2D eigenvalue weighted by Crippen LogP contribution is -2.24. The first-order valence-corrected chi connectivity index (χ1v) is 8.62. The molecular formula is C14H21N5O2S. The van der Waals surface area contributed by atoms with Gasteiger partial charge in [-0.2, -0.15) is 8.42 Å². The third-order valence-corrected chi connectivity index (χ3v) is 4.89. The van der Waals surface area contributed by atoms with E-state index in [-0.39, 0.29) is 10.9 Å². The number of sulfonamides is 1. The van der Waals surface area contributed by atoms with Crippen LogP contribution in [0.3, 0.4) is 0 Å². The van der Waals surface area contributed by atoms with Gasteiger partial charge in [0.1, 0.15) is 5.84 Å². The second kappa shape index (κ2) is 6.78. The van der Waals surface area contributed by atoms with E-state index in [1.54, 1.807) is 12.1 Å². The van der Waals surface area contributed by atoms with E-state index in [1.165, 1.54) is 31.4 Å². The molecule has 0 aromatic heterocycles. The minimum atomic E-state index is -3.87. The highest BCUT2D eigenvalue weighted by Gasteiger charge is 2.15. The molecule has 6 N–H and O–H groups in total. The van der Waals surface area contributed by atoms with Gasteiger partial charge >= 0.3 is 0 Å². The van der Waals surface area contributed by atoms with Crippen molar-refractivity contribution in [2.24, 2.45) is 26.6 Å². The molecule has 0 heterocycles. The SMILES string of the molecule is NC(N)=NS(=O)(=O)c1ccc(C(N)=NC2CCCCC2)cc1. The summed E-state index contributed by atoms with van der Waals surface area (Å²) in [6.45, 7) is 0. The highest BCUT2D eigenvalue weighted by Crippen LogP contribution is 2.21. The topological polar surface area (TPSA) is 137 Å². The van der Waals surface area contributed by atoms with Crippen molar-refractivity contribution in [3.63, 3.8) is 0 Å². The highest BCUT2D eigenvalue weighted by atomic mass is 32.2. The number of aliphatic imine (C=N–C) groups is 1. The van der Waals surface area contributed by atoms with E-state index >= 15 is 0 Å². The third-order valence-electron chi connectivity index (χ3n) is 3.57. The zero-order valence-electron chi connectivity index (χ0n) is 12.3. The van der Waals surface area contributed by atoms with Gasteiger partial charge in [-0.05, 0) is 37.1 Å². The third kappa shape index (κ3) is 4.20. The molecule has 0 amide bonds. The van der Waals surface area contributed by atoms with Crippen molar-refractivity contribution in [1.29, 1.82) is 0 Å². The fourth-order valence-electron chi connectivity index (χ4n) is 2.47. The number of benzene rings is 1. The van der Waals surface area contributed by atoms with Gasteiger partial charge in [0.05, 0.1) is 10.9 Å². The summed E-state index contributed by atoms with van der Waals surface area (Å²) in [4.78, 5) is 4.53. The van der Waals surface area contributed by atoms with E-state index in [1.807, 2.05) is 0 Å². The van der Waals surface area contributed by atoms with Crippen LogP contribution >= 0.6 is 0 Å². The number of rotatable bonds is 4. The summed E-state index contributed by atoms with van der Waals surface area (Å²) in [7, 11) is -3.87. The number of nitrogens with two attached hydrogens (primary N) is 3. The Morgan fingerprint density at radius 1 is 1.00 bits per heavy atom. The maximum absolute atomic E-state index is 11.8. The second-order valence-corrected chi connectivity index (χ2v) is 6.93. The van der Waals surface area contributed by atoms with Crippen LogP contribution in [0.5, 0.6) is 0 Å². The van der Waals surface area contributed by atoms with Crippen LogP contribution in [-0.2, 0) is 10.0 Å². The lowest BCUT2D eigenvalue weighted by molar-refractivity contribution is 0.443. The van der Waals surface area contributed by atoms with Gasteiger partial charge in [0.15, 0.2) is 0 Å². The van der Waals surface area contributed by atoms with Gasteiger partial charge in [0.25, 0.3) is 10.0 Å². The maximum atomic E-state index is 11.8. The monoisotopic (exact) mass is 323 g/mol. The summed E-state index contributed by atoms with van der Waals surface area (Å²) in [6, 6.07) is 6.31. The van der Waals surface area contributed by atoms with Crippen LogP contribution in [0.1, 0.15) is 37.7 Å². The van der Waals surface area contributed by atoms with Gasteiger partial charge < -0.3 is 17.2 Å². The Morgan fingerprint density at radius 2 is 1.59 bits per heavy atom. The quantitative estimate of drug-likeness (QED) is 0.553. The molecule has 1 aliphatic rings. The van der Waals surface area contributed by atoms with Crippen LogP contribution in [0.2, 0.25) is 0 Å². The van der Waals surface area contributed by atoms with Crippen LogP contribution in [-0.4, -0.2) is 26.3 Å². The molecule has 0 bridgehead atoms.